The molecule has 0 radical (unpaired) electrons. The summed E-state index contributed by atoms with van der Waals surface area (Å²) in [5.41, 5.74) is 4.41. The summed E-state index contributed by atoms with van der Waals surface area (Å²) in [7, 11) is 0. The summed E-state index contributed by atoms with van der Waals surface area (Å²) >= 11 is 18.2. The summed E-state index contributed by atoms with van der Waals surface area (Å²) in [5.74, 6) is 0. The first-order valence-electron chi connectivity index (χ1n) is 8.58. The number of hydrogen-bond donors (Lipinski definition) is 2. The smallest absolute Gasteiger partial charge is 0.0917 e. The summed E-state index contributed by atoms with van der Waals surface area (Å²) in [4.78, 5) is 5.79. The van der Waals surface area contributed by atoms with E-state index in [1.165, 1.54) is 16.6 Å². The van der Waals surface area contributed by atoms with Crippen molar-refractivity contribution in [3.8, 4) is 0 Å². The SMILES string of the molecule is CC1Cc2c([nH]c3ccc(Cl)cc23)CN1CC(O)c1ccc(Cl)c(Cl)c1. The van der Waals surface area contributed by atoms with Crippen molar-refractivity contribution < 1.29 is 5.11 Å². The lowest BCUT2D eigenvalue weighted by Gasteiger charge is -2.35. The zero-order chi connectivity index (χ0) is 18.4. The fourth-order valence-corrected chi connectivity index (χ4v) is 4.20. The summed E-state index contributed by atoms with van der Waals surface area (Å²) in [6.07, 6.45) is 0.302. The van der Waals surface area contributed by atoms with Crippen molar-refractivity contribution >= 4 is 45.7 Å². The summed E-state index contributed by atoms with van der Waals surface area (Å²) in [6.45, 7) is 3.49. The highest BCUT2D eigenvalue weighted by molar-refractivity contribution is 6.42. The average molecular weight is 410 g/mol. The van der Waals surface area contributed by atoms with Crippen LogP contribution in [-0.4, -0.2) is 27.6 Å². The zero-order valence-electron chi connectivity index (χ0n) is 14.3. The molecule has 2 aromatic carbocycles. The number of nitrogens with zero attached hydrogens (tertiary/aromatic N) is 1. The van der Waals surface area contributed by atoms with Crippen molar-refractivity contribution in [2.75, 3.05) is 6.54 Å². The van der Waals surface area contributed by atoms with Gasteiger partial charge >= 0.3 is 0 Å². The van der Waals surface area contributed by atoms with Gasteiger partial charge in [-0.15, -0.1) is 0 Å². The van der Waals surface area contributed by atoms with Crippen molar-refractivity contribution in [2.24, 2.45) is 0 Å². The first-order chi connectivity index (χ1) is 12.4. The number of H-pyrrole nitrogens is 1. The Morgan fingerprint density at radius 3 is 2.73 bits per heavy atom. The molecule has 6 heteroatoms. The third-order valence-corrected chi connectivity index (χ3v) is 6.15. The van der Waals surface area contributed by atoms with Crippen LogP contribution in [0.1, 0.15) is 29.8 Å². The molecular weight excluding hydrogens is 391 g/mol. The molecule has 3 aromatic rings. The Bertz CT molecular complexity index is 969. The van der Waals surface area contributed by atoms with Crippen LogP contribution in [-0.2, 0) is 13.0 Å². The minimum atomic E-state index is -0.618. The van der Waals surface area contributed by atoms with Crippen LogP contribution in [0.2, 0.25) is 15.1 Å². The van der Waals surface area contributed by atoms with Gasteiger partial charge in [-0.1, -0.05) is 40.9 Å². The van der Waals surface area contributed by atoms with Gasteiger partial charge in [-0.05, 0) is 54.8 Å². The Labute approximate surface area is 167 Å². The van der Waals surface area contributed by atoms with Crippen LogP contribution in [0.3, 0.4) is 0 Å². The minimum absolute atomic E-state index is 0.318. The normalized spacial score (nSPS) is 18.9. The lowest BCUT2D eigenvalue weighted by molar-refractivity contribution is 0.0799. The van der Waals surface area contributed by atoms with Gasteiger partial charge in [-0.3, -0.25) is 4.90 Å². The predicted molar refractivity (Wildman–Crippen MR) is 108 cm³/mol. The molecule has 2 unspecified atom stereocenters. The van der Waals surface area contributed by atoms with E-state index in [2.05, 4.69) is 16.8 Å². The Balaban J connectivity index is 1.57. The second-order valence-electron chi connectivity index (χ2n) is 6.94. The Morgan fingerprint density at radius 2 is 1.96 bits per heavy atom. The second-order valence-corrected chi connectivity index (χ2v) is 8.19. The van der Waals surface area contributed by atoms with E-state index in [1.807, 2.05) is 24.3 Å². The van der Waals surface area contributed by atoms with Crippen LogP contribution in [0.25, 0.3) is 10.9 Å². The molecule has 1 aliphatic rings. The topological polar surface area (TPSA) is 39.3 Å². The number of aromatic amines is 1. The van der Waals surface area contributed by atoms with Crippen LogP contribution in [0.4, 0.5) is 0 Å². The van der Waals surface area contributed by atoms with E-state index in [0.29, 0.717) is 22.6 Å². The second kappa shape index (κ2) is 7.06. The van der Waals surface area contributed by atoms with Crippen LogP contribution in [0, 0.1) is 0 Å². The molecule has 136 valence electrons. The molecule has 3 nitrogen and oxygen atoms in total. The van der Waals surface area contributed by atoms with Crippen molar-refractivity contribution in [2.45, 2.75) is 32.0 Å². The van der Waals surface area contributed by atoms with Gasteiger partial charge in [0.25, 0.3) is 0 Å². The molecule has 0 aliphatic carbocycles. The molecule has 2 N–H and O–H groups in total. The number of aromatic nitrogens is 1. The van der Waals surface area contributed by atoms with Gasteiger partial charge < -0.3 is 10.1 Å². The van der Waals surface area contributed by atoms with E-state index in [0.717, 1.165) is 29.1 Å². The molecule has 0 fully saturated rings. The molecule has 0 amide bonds. The van der Waals surface area contributed by atoms with Crippen LogP contribution in [0.15, 0.2) is 36.4 Å². The van der Waals surface area contributed by atoms with E-state index < -0.39 is 6.10 Å². The van der Waals surface area contributed by atoms with Gasteiger partial charge in [0, 0.05) is 40.8 Å². The van der Waals surface area contributed by atoms with E-state index >= 15 is 0 Å². The van der Waals surface area contributed by atoms with Gasteiger partial charge in [-0.25, -0.2) is 0 Å². The number of aliphatic hydroxyl groups excluding tert-OH is 1. The Hall–Kier alpha value is -1.23. The highest BCUT2D eigenvalue weighted by atomic mass is 35.5. The maximum Gasteiger partial charge on any atom is 0.0917 e. The van der Waals surface area contributed by atoms with Gasteiger partial charge in [0.05, 0.1) is 16.1 Å². The maximum absolute atomic E-state index is 10.7. The van der Waals surface area contributed by atoms with Crippen LogP contribution < -0.4 is 0 Å². The lowest BCUT2D eigenvalue weighted by atomic mass is 9.97. The van der Waals surface area contributed by atoms with E-state index in [-0.39, 0.29) is 0 Å². The predicted octanol–water partition coefficient (Wildman–Crippen LogP) is 5.61. The molecule has 2 atom stereocenters. The molecule has 26 heavy (non-hydrogen) atoms. The molecule has 0 bridgehead atoms. The van der Waals surface area contributed by atoms with Gasteiger partial charge in [0.1, 0.15) is 0 Å². The average Bonchev–Trinajstić information content (AvgIpc) is 2.94. The number of benzene rings is 2. The van der Waals surface area contributed by atoms with Crippen molar-refractivity contribution in [1.82, 2.24) is 9.88 Å². The number of aliphatic hydroxyl groups is 1. The molecule has 0 spiro atoms. The lowest BCUT2D eigenvalue weighted by Crippen LogP contribution is -2.40. The fraction of sp³-hybridized carbons (Fsp3) is 0.300. The standard InChI is InChI=1S/C20H19Cl3N2O/c1-11-6-14-15-8-13(21)3-5-18(15)24-19(14)9-25(11)10-20(26)12-2-4-16(22)17(23)7-12/h2-5,7-8,11,20,24,26H,6,9-10H2,1H3. The van der Waals surface area contributed by atoms with Gasteiger partial charge in [0.2, 0.25) is 0 Å². The largest absolute Gasteiger partial charge is 0.387 e. The third kappa shape index (κ3) is 3.35. The third-order valence-electron chi connectivity index (χ3n) is 5.18. The number of fused-ring (bicyclic) bond motifs is 3. The Kier molecular flexibility index (Phi) is 4.93. The number of β-amino-alcohol motifs (C(OH)–C–C–N with tert-alkyl or cyclic N) is 1. The number of nitrogens with one attached hydrogen (secondary N) is 1. The van der Waals surface area contributed by atoms with Crippen molar-refractivity contribution in [3.05, 3.63) is 68.3 Å². The van der Waals surface area contributed by atoms with Gasteiger partial charge in [0.15, 0.2) is 0 Å². The fourth-order valence-electron chi connectivity index (χ4n) is 3.72. The highest BCUT2D eigenvalue weighted by Crippen LogP contribution is 2.33. The van der Waals surface area contributed by atoms with Crippen molar-refractivity contribution in [1.29, 1.82) is 0 Å². The van der Waals surface area contributed by atoms with E-state index in [1.54, 1.807) is 12.1 Å². The first kappa shape index (κ1) is 18.1. The first-order valence-corrected chi connectivity index (χ1v) is 9.72. The maximum atomic E-state index is 10.7. The van der Waals surface area contributed by atoms with E-state index in [9.17, 15) is 5.11 Å². The highest BCUT2D eigenvalue weighted by Gasteiger charge is 2.28. The molecule has 1 aliphatic heterocycles. The van der Waals surface area contributed by atoms with Crippen LogP contribution in [0.5, 0.6) is 0 Å². The molecule has 0 saturated carbocycles. The number of hydrogen-bond acceptors (Lipinski definition) is 2. The number of rotatable bonds is 3. The quantitative estimate of drug-likeness (QED) is 0.590. The van der Waals surface area contributed by atoms with Crippen LogP contribution >= 0.6 is 34.8 Å². The van der Waals surface area contributed by atoms with E-state index in [4.69, 9.17) is 34.8 Å². The molecule has 0 saturated heterocycles. The summed E-state index contributed by atoms with van der Waals surface area (Å²) in [5, 5.41) is 13.6. The molecular formula is C20H19Cl3N2O. The Morgan fingerprint density at radius 1 is 1.15 bits per heavy atom. The zero-order valence-corrected chi connectivity index (χ0v) is 16.5. The monoisotopic (exact) mass is 408 g/mol. The van der Waals surface area contributed by atoms with Crippen molar-refractivity contribution in [3.63, 3.8) is 0 Å². The number of halogens is 3. The molecule has 4 rings (SSSR count). The van der Waals surface area contributed by atoms with Gasteiger partial charge in [-0.2, -0.15) is 0 Å². The minimum Gasteiger partial charge on any atom is -0.387 e. The summed E-state index contributed by atoms with van der Waals surface area (Å²) in [6, 6.07) is 11.6. The summed E-state index contributed by atoms with van der Waals surface area (Å²) < 4.78 is 0. The molecule has 1 aromatic heterocycles. The molecule has 2 heterocycles.